The van der Waals surface area contributed by atoms with Crippen LogP contribution in [0.2, 0.25) is 9.49 Å². The summed E-state index contributed by atoms with van der Waals surface area (Å²) in [6, 6.07) is 7.47. The summed E-state index contributed by atoms with van der Waals surface area (Å²) in [6.07, 6.45) is 0.954. The van der Waals surface area contributed by atoms with Crippen molar-refractivity contribution < 1.29 is 4.74 Å². The lowest BCUT2D eigenvalue weighted by molar-refractivity contribution is 0.327. The zero-order valence-electron chi connectivity index (χ0n) is 9.24. The van der Waals surface area contributed by atoms with Gasteiger partial charge in [0.15, 0.2) is 4.47 Å². The second-order valence-corrected chi connectivity index (χ2v) is 5.44. The molecule has 5 heteroatoms. The van der Waals surface area contributed by atoms with E-state index in [4.69, 9.17) is 27.9 Å². The van der Waals surface area contributed by atoms with Crippen LogP contribution < -0.4 is 4.74 Å². The van der Waals surface area contributed by atoms with E-state index in [1.807, 2.05) is 24.3 Å². The lowest BCUT2D eigenvalue weighted by atomic mass is 10.2. The molecule has 2 rings (SSSR count). The van der Waals surface area contributed by atoms with Gasteiger partial charge in [0.25, 0.3) is 0 Å². The molecule has 0 aliphatic rings. The monoisotopic (exact) mass is 287 g/mol. The summed E-state index contributed by atoms with van der Waals surface area (Å²) < 4.78 is 6.12. The minimum Gasteiger partial charge on any atom is -0.482 e. The van der Waals surface area contributed by atoms with Gasteiger partial charge >= 0.3 is 0 Å². The minimum absolute atomic E-state index is 0.487. The van der Waals surface area contributed by atoms with Crippen LogP contribution in [0.3, 0.4) is 0 Å². The summed E-state index contributed by atoms with van der Waals surface area (Å²) >= 11 is 13.1. The first-order valence-corrected chi connectivity index (χ1v) is 6.83. The topological polar surface area (TPSA) is 22.1 Å². The van der Waals surface area contributed by atoms with Crippen molar-refractivity contribution in [1.29, 1.82) is 0 Å². The van der Waals surface area contributed by atoms with Crippen molar-refractivity contribution >= 4 is 34.5 Å². The zero-order valence-corrected chi connectivity index (χ0v) is 11.6. The zero-order chi connectivity index (χ0) is 12.3. The minimum atomic E-state index is 0.487. The SMILES string of the molecule is CCCOc1sc(Cl)nc1-c1ccc(Cl)cc1. The normalized spacial score (nSPS) is 10.5. The Morgan fingerprint density at radius 3 is 2.59 bits per heavy atom. The maximum atomic E-state index is 5.93. The third-order valence-electron chi connectivity index (χ3n) is 2.12. The molecular weight excluding hydrogens is 277 g/mol. The molecule has 0 bridgehead atoms. The highest BCUT2D eigenvalue weighted by Crippen LogP contribution is 2.37. The molecule has 1 aromatic carbocycles. The summed E-state index contributed by atoms with van der Waals surface area (Å²) in [5.74, 6) is 0. The Morgan fingerprint density at radius 1 is 1.24 bits per heavy atom. The first-order chi connectivity index (χ1) is 8.20. The molecule has 0 N–H and O–H groups in total. The van der Waals surface area contributed by atoms with Crippen LogP contribution in [0.15, 0.2) is 24.3 Å². The molecule has 1 aromatic heterocycles. The van der Waals surface area contributed by atoms with Gasteiger partial charge < -0.3 is 4.74 Å². The van der Waals surface area contributed by atoms with Gasteiger partial charge in [-0.1, -0.05) is 53.6 Å². The van der Waals surface area contributed by atoms with Crippen LogP contribution in [0, 0.1) is 0 Å². The fraction of sp³-hybridized carbons (Fsp3) is 0.250. The standard InChI is InChI=1S/C12H11Cl2NOS/c1-2-7-16-11-10(15-12(14)17-11)8-3-5-9(13)6-4-8/h3-6H,2,7H2,1H3. The molecule has 0 aliphatic carbocycles. The maximum Gasteiger partial charge on any atom is 0.203 e. The van der Waals surface area contributed by atoms with Crippen LogP contribution in [-0.2, 0) is 0 Å². The van der Waals surface area contributed by atoms with Crippen molar-refractivity contribution in [2.45, 2.75) is 13.3 Å². The van der Waals surface area contributed by atoms with Gasteiger partial charge in [-0.15, -0.1) is 0 Å². The number of ether oxygens (including phenoxy) is 1. The molecule has 17 heavy (non-hydrogen) atoms. The van der Waals surface area contributed by atoms with Gasteiger partial charge in [-0.2, -0.15) is 0 Å². The average Bonchev–Trinajstić information content (AvgIpc) is 2.69. The van der Waals surface area contributed by atoms with Crippen molar-refractivity contribution in [2.24, 2.45) is 0 Å². The predicted octanol–water partition coefficient (Wildman–Crippen LogP) is 4.91. The van der Waals surface area contributed by atoms with Gasteiger partial charge in [-0.3, -0.25) is 0 Å². The van der Waals surface area contributed by atoms with Crippen molar-refractivity contribution in [1.82, 2.24) is 4.98 Å². The quantitative estimate of drug-likeness (QED) is 0.797. The fourth-order valence-corrected chi connectivity index (χ4v) is 2.48. The van der Waals surface area contributed by atoms with E-state index in [2.05, 4.69) is 11.9 Å². The Hall–Kier alpha value is -0.770. The summed E-state index contributed by atoms with van der Waals surface area (Å²) in [5.41, 5.74) is 1.74. The molecule has 2 aromatic rings. The summed E-state index contributed by atoms with van der Waals surface area (Å²) in [6.45, 7) is 2.73. The lowest BCUT2D eigenvalue weighted by Crippen LogP contribution is -1.94. The van der Waals surface area contributed by atoms with Crippen molar-refractivity contribution in [3.63, 3.8) is 0 Å². The van der Waals surface area contributed by atoms with Gasteiger partial charge in [0.2, 0.25) is 5.06 Å². The number of hydrogen-bond acceptors (Lipinski definition) is 3. The fourth-order valence-electron chi connectivity index (χ4n) is 1.36. The van der Waals surface area contributed by atoms with Crippen LogP contribution in [0.25, 0.3) is 11.3 Å². The lowest BCUT2D eigenvalue weighted by Gasteiger charge is -2.04. The molecule has 0 saturated carbocycles. The molecule has 0 amide bonds. The van der Waals surface area contributed by atoms with E-state index in [-0.39, 0.29) is 0 Å². The Kier molecular flexibility index (Phi) is 4.26. The van der Waals surface area contributed by atoms with Gasteiger partial charge in [0, 0.05) is 10.6 Å². The van der Waals surface area contributed by atoms with Crippen molar-refractivity contribution in [3.05, 3.63) is 33.8 Å². The number of hydrogen-bond donors (Lipinski definition) is 0. The predicted molar refractivity (Wildman–Crippen MR) is 73.4 cm³/mol. The Morgan fingerprint density at radius 2 is 1.94 bits per heavy atom. The third-order valence-corrected chi connectivity index (χ3v) is 3.45. The van der Waals surface area contributed by atoms with Crippen LogP contribution >= 0.6 is 34.5 Å². The van der Waals surface area contributed by atoms with E-state index >= 15 is 0 Å². The number of nitrogens with zero attached hydrogens (tertiary/aromatic N) is 1. The summed E-state index contributed by atoms with van der Waals surface area (Å²) in [4.78, 5) is 4.28. The van der Waals surface area contributed by atoms with Gasteiger partial charge in [0.1, 0.15) is 5.69 Å². The van der Waals surface area contributed by atoms with Crippen LogP contribution in [-0.4, -0.2) is 11.6 Å². The molecule has 0 radical (unpaired) electrons. The molecule has 0 atom stereocenters. The smallest absolute Gasteiger partial charge is 0.203 e. The second kappa shape index (κ2) is 5.71. The number of rotatable bonds is 4. The highest BCUT2D eigenvalue weighted by atomic mass is 35.5. The van der Waals surface area contributed by atoms with Crippen LogP contribution in [0.4, 0.5) is 0 Å². The molecule has 0 saturated heterocycles. The van der Waals surface area contributed by atoms with Gasteiger partial charge in [-0.25, -0.2) is 4.98 Å². The molecule has 0 aliphatic heterocycles. The number of aromatic nitrogens is 1. The van der Waals surface area contributed by atoms with Gasteiger partial charge in [-0.05, 0) is 18.6 Å². The highest BCUT2D eigenvalue weighted by molar-refractivity contribution is 7.17. The molecule has 0 unspecified atom stereocenters. The Bertz CT molecular complexity index is 496. The maximum absolute atomic E-state index is 5.93. The first kappa shape index (κ1) is 12.7. The van der Waals surface area contributed by atoms with Crippen LogP contribution in [0.1, 0.15) is 13.3 Å². The first-order valence-electron chi connectivity index (χ1n) is 5.25. The molecule has 1 heterocycles. The van der Waals surface area contributed by atoms with E-state index in [0.717, 1.165) is 22.7 Å². The Labute approximate surface area is 114 Å². The molecule has 0 fully saturated rings. The second-order valence-electron chi connectivity index (χ2n) is 3.46. The van der Waals surface area contributed by atoms with E-state index in [1.54, 1.807) is 0 Å². The molecule has 90 valence electrons. The third kappa shape index (κ3) is 3.12. The molecule has 2 nitrogen and oxygen atoms in total. The largest absolute Gasteiger partial charge is 0.482 e. The van der Waals surface area contributed by atoms with Gasteiger partial charge in [0.05, 0.1) is 6.61 Å². The van der Waals surface area contributed by atoms with E-state index < -0.39 is 0 Å². The highest BCUT2D eigenvalue weighted by Gasteiger charge is 2.13. The molecule has 0 spiro atoms. The number of benzene rings is 1. The summed E-state index contributed by atoms with van der Waals surface area (Å²) in [7, 11) is 0. The Balaban J connectivity index is 2.33. The van der Waals surface area contributed by atoms with Crippen molar-refractivity contribution in [3.8, 4) is 16.3 Å². The number of halogens is 2. The molecular formula is C12H11Cl2NOS. The number of thiazole rings is 1. The van der Waals surface area contributed by atoms with E-state index in [9.17, 15) is 0 Å². The van der Waals surface area contributed by atoms with E-state index in [1.165, 1.54) is 11.3 Å². The van der Waals surface area contributed by atoms with E-state index in [0.29, 0.717) is 16.1 Å². The summed E-state index contributed by atoms with van der Waals surface area (Å²) in [5, 5.41) is 1.46. The van der Waals surface area contributed by atoms with Crippen molar-refractivity contribution in [2.75, 3.05) is 6.61 Å². The van der Waals surface area contributed by atoms with Crippen LogP contribution in [0.5, 0.6) is 5.06 Å². The average molecular weight is 288 g/mol.